The van der Waals surface area contributed by atoms with E-state index >= 15 is 0 Å². The fourth-order valence-corrected chi connectivity index (χ4v) is 2.57. The van der Waals surface area contributed by atoms with Gasteiger partial charge in [-0.05, 0) is 18.6 Å². The van der Waals surface area contributed by atoms with Crippen molar-refractivity contribution in [2.75, 3.05) is 36.8 Å². The minimum Gasteiger partial charge on any atom is -0.397 e. The predicted molar refractivity (Wildman–Crippen MR) is 78.5 cm³/mol. The first-order valence-corrected chi connectivity index (χ1v) is 6.69. The Labute approximate surface area is 118 Å². The molecule has 2 rings (SSSR count). The van der Waals surface area contributed by atoms with E-state index in [1.165, 1.54) is 0 Å². The molecule has 1 aliphatic rings. The molecule has 0 atom stereocenters. The van der Waals surface area contributed by atoms with Gasteiger partial charge in [0, 0.05) is 33.1 Å². The highest BCUT2D eigenvalue weighted by molar-refractivity contribution is 6.01. The Balaban J connectivity index is 2.28. The van der Waals surface area contributed by atoms with Crippen molar-refractivity contribution < 1.29 is 9.59 Å². The number of rotatable bonds is 2. The zero-order valence-corrected chi connectivity index (χ0v) is 11.6. The molecule has 20 heavy (non-hydrogen) atoms. The first-order chi connectivity index (χ1) is 9.50. The number of carbonyl (C=O) groups is 2. The Morgan fingerprint density at radius 2 is 1.90 bits per heavy atom. The van der Waals surface area contributed by atoms with Gasteiger partial charge in [-0.1, -0.05) is 6.07 Å². The molecule has 0 aliphatic carbocycles. The summed E-state index contributed by atoms with van der Waals surface area (Å²) in [5.41, 5.74) is 13.1. The van der Waals surface area contributed by atoms with Crippen LogP contribution in [0.25, 0.3) is 0 Å². The maximum Gasteiger partial charge on any atom is 0.250 e. The maximum atomic E-state index is 11.6. The van der Waals surface area contributed by atoms with Gasteiger partial charge < -0.3 is 21.3 Å². The average molecular weight is 276 g/mol. The van der Waals surface area contributed by atoms with Crippen LogP contribution in [-0.4, -0.2) is 42.9 Å². The molecule has 0 radical (unpaired) electrons. The fourth-order valence-electron chi connectivity index (χ4n) is 2.57. The SMILES string of the molecule is CC(=O)N1CCCN(c2c(N)cccc2C(N)=O)CC1. The van der Waals surface area contributed by atoms with Crippen LogP contribution in [-0.2, 0) is 4.79 Å². The highest BCUT2D eigenvalue weighted by Crippen LogP contribution is 2.28. The Hall–Kier alpha value is -2.24. The van der Waals surface area contributed by atoms with E-state index in [2.05, 4.69) is 0 Å². The number of benzene rings is 1. The summed E-state index contributed by atoms with van der Waals surface area (Å²) in [4.78, 5) is 26.8. The molecule has 0 aromatic heterocycles. The zero-order valence-electron chi connectivity index (χ0n) is 11.6. The number of amides is 2. The Morgan fingerprint density at radius 1 is 1.15 bits per heavy atom. The lowest BCUT2D eigenvalue weighted by Gasteiger charge is -2.26. The van der Waals surface area contributed by atoms with Crippen LogP contribution in [0.5, 0.6) is 0 Å². The fraction of sp³-hybridized carbons (Fsp3) is 0.429. The van der Waals surface area contributed by atoms with Crippen LogP contribution < -0.4 is 16.4 Å². The largest absolute Gasteiger partial charge is 0.397 e. The molecule has 6 heteroatoms. The molecule has 1 aromatic carbocycles. The molecule has 4 N–H and O–H groups in total. The molecule has 2 amide bonds. The molecular weight excluding hydrogens is 256 g/mol. The molecule has 1 aromatic rings. The molecule has 0 spiro atoms. The van der Waals surface area contributed by atoms with Gasteiger partial charge in [-0.15, -0.1) is 0 Å². The summed E-state index contributed by atoms with van der Waals surface area (Å²) in [6.07, 6.45) is 0.839. The number of primary amides is 1. The maximum absolute atomic E-state index is 11.6. The van der Waals surface area contributed by atoms with Crippen molar-refractivity contribution in [2.24, 2.45) is 5.73 Å². The van der Waals surface area contributed by atoms with Crippen molar-refractivity contribution in [3.63, 3.8) is 0 Å². The molecule has 108 valence electrons. The number of hydrogen-bond acceptors (Lipinski definition) is 4. The van der Waals surface area contributed by atoms with Crippen molar-refractivity contribution in [3.8, 4) is 0 Å². The van der Waals surface area contributed by atoms with E-state index in [0.717, 1.165) is 19.5 Å². The van der Waals surface area contributed by atoms with E-state index in [0.29, 0.717) is 30.0 Å². The van der Waals surface area contributed by atoms with Crippen LogP contribution in [0.3, 0.4) is 0 Å². The summed E-state index contributed by atoms with van der Waals surface area (Å²) in [6.45, 7) is 4.32. The number of hydrogen-bond donors (Lipinski definition) is 2. The second kappa shape index (κ2) is 5.81. The lowest BCUT2D eigenvalue weighted by molar-refractivity contribution is -0.128. The van der Waals surface area contributed by atoms with E-state index in [-0.39, 0.29) is 5.91 Å². The lowest BCUT2D eigenvalue weighted by atomic mass is 10.1. The second-order valence-corrected chi connectivity index (χ2v) is 4.95. The van der Waals surface area contributed by atoms with Crippen LogP contribution in [0.1, 0.15) is 23.7 Å². The monoisotopic (exact) mass is 276 g/mol. The van der Waals surface area contributed by atoms with Gasteiger partial charge in [-0.25, -0.2) is 0 Å². The second-order valence-electron chi connectivity index (χ2n) is 4.95. The van der Waals surface area contributed by atoms with Crippen LogP contribution in [0.15, 0.2) is 18.2 Å². The van der Waals surface area contributed by atoms with E-state index in [4.69, 9.17) is 11.5 Å². The van der Waals surface area contributed by atoms with Crippen molar-refractivity contribution >= 4 is 23.2 Å². The lowest BCUT2D eigenvalue weighted by Crippen LogP contribution is -2.34. The number of carbonyl (C=O) groups excluding carboxylic acids is 2. The van der Waals surface area contributed by atoms with E-state index in [1.807, 2.05) is 9.80 Å². The third kappa shape index (κ3) is 2.84. The minimum atomic E-state index is -0.486. The average Bonchev–Trinajstić information content (AvgIpc) is 2.64. The molecule has 0 bridgehead atoms. The van der Waals surface area contributed by atoms with Gasteiger partial charge in [0.05, 0.1) is 16.9 Å². The van der Waals surface area contributed by atoms with Gasteiger partial charge in [0.1, 0.15) is 0 Å². The summed E-state index contributed by atoms with van der Waals surface area (Å²) >= 11 is 0. The molecule has 6 nitrogen and oxygen atoms in total. The van der Waals surface area contributed by atoms with Crippen LogP contribution in [0.4, 0.5) is 11.4 Å². The summed E-state index contributed by atoms with van der Waals surface area (Å²) < 4.78 is 0. The van der Waals surface area contributed by atoms with Gasteiger partial charge in [0.2, 0.25) is 5.91 Å². The standard InChI is InChI=1S/C14H20N4O2/c1-10(19)17-6-3-7-18(9-8-17)13-11(14(16)20)4-2-5-12(13)15/h2,4-5H,3,6-9,15H2,1H3,(H2,16,20). The highest BCUT2D eigenvalue weighted by Gasteiger charge is 2.21. The normalized spacial score (nSPS) is 15.8. The topological polar surface area (TPSA) is 92.7 Å². The third-order valence-electron chi connectivity index (χ3n) is 3.59. The summed E-state index contributed by atoms with van der Waals surface area (Å²) in [5, 5.41) is 0. The Bertz CT molecular complexity index is 530. The molecule has 1 saturated heterocycles. The Kier molecular flexibility index (Phi) is 4.12. The molecule has 1 aliphatic heterocycles. The van der Waals surface area contributed by atoms with Crippen molar-refractivity contribution in [1.29, 1.82) is 0 Å². The minimum absolute atomic E-state index is 0.0722. The highest BCUT2D eigenvalue weighted by atomic mass is 16.2. The van der Waals surface area contributed by atoms with Crippen molar-refractivity contribution in [3.05, 3.63) is 23.8 Å². The smallest absolute Gasteiger partial charge is 0.250 e. The molecular formula is C14H20N4O2. The van der Waals surface area contributed by atoms with Gasteiger partial charge in [-0.3, -0.25) is 9.59 Å². The number of nitrogens with zero attached hydrogens (tertiary/aromatic N) is 2. The summed E-state index contributed by atoms with van der Waals surface area (Å²) in [6, 6.07) is 5.16. The zero-order chi connectivity index (χ0) is 14.7. The number of nitrogen functional groups attached to an aromatic ring is 1. The number of para-hydroxylation sites is 1. The van der Waals surface area contributed by atoms with Gasteiger partial charge in [0.15, 0.2) is 0 Å². The van der Waals surface area contributed by atoms with E-state index in [9.17, 15) is 9.59 Å². The Morgan fingerprint density at radius 3 is 2.55 bits per heavy atom. The molecule has 0 unspecified atom stereocenters. The van der Waals surface area contributed by atoms with Crippen molar-refractivity contribution in [1.82, 2.24) is 4.90 Å². The first-order valence-electron chi connectivity index (χ1n) is 6.69. The van der Waals surface area contributed by atoms with Gasteiger partial charge >= 0.3 is 0 Å². The third-order valence-corrected chi connectivity index (χ3v) is 3.59. The van der Waals surface area contributed by atoms with Crippen LogP contribution in [0, 0.1) is 0 Å². The quantitative estimate of drug-likeness (QED) is 0.766. The molecule has 1 fully saturated rings. The van der Waals surface area contributed by atoms with Gasteiger partial charge in [0.25, 0.3) is 5.91 Å². The van der Waals surface area contributed by atoms with Crippen molar-refractivity contribution in [2.45, 2.75) is 13.3 Å². The summed E-state index contributed by atoms with van der Waals surface area (Å²) in [5.74, 6) is -0.414. The van der Waals surface area contributed by atoms with Crippen LogP contribution in [0.2, 0.25) is 0 Å². The molecule has 1 heterocycles. The van der Waals surface area contributed by atoms with Crippen LogP contribution >= 0.6 is 0 Å². The van der Waals surface area contributed by atoms with E-state index < -0.39 is 5.91 Å². The number of nitrogens with two attached hydrogens (primary N) is 2. The van der Waals surface area contributed by atoms with E-state index in [1.54, 1.807) is 25.1 Å². The first kappa shape index (κ1) is 14.2. The number of anilines is 2. The summed E-state index contributed by atoms with van der Waals surface area (Å²) in [7, 11) is 0. The predicted octanol–water partition coefficient (Wildman–Crippen LogP) is 0.426. The van der Waals surface area contributed by atoms with Gasteiger partial charge in [-0.2, -0.15) is 0 Å². The molecule has 0 saturated carbocycles.